The summed E-state index contributed by atoms with van der Waals surface area (Å²) >= 11 is 0. The van der Waals surface area contributed by atoms with E-state index in [9.17, 15) is 20.0 Å². The first kappa shape index (κ1) is 16.2. The molecule has 0 aliphatic heterocycles. The van der Waals surface area contributed by atoms with Crippen LogP contribution in [0.1, 0.15) is 21.5 Å². The van der Waals surface area contributed by atoms with Crippen LogP contribution in [0.4, 0.5) is 5.69 Å². The smallest absolute Gasteiger partial charge is 0.275 e. The molecule has 25 heavy (non-hydrogen) atoms. The minimum absolute atomic E-state index is 0.0493. The third kappa shape index (κ3) is 3.18. The van der Waals surface area contributed by atoms with Gasteiger partial charge < -0.3 is 9.52 Å². The molecule has 0 radical (unpaired) electrons. The van der Waals surface area contributed by atoms with Gasteiger partial charge in [-0.25, -0.2) is 5.43 Å². The highest BCUT2D eigenvalue weighted by atomic mass is 16.6. The van der Waals surface area contributed by atoms with E-state index in [0.29, 0.717) is 22.1 Å². The van der Waals surface area contributed by atoms with Crippen LogP contribution >= 0.6 is 0 Å². The molecule has 1 amide bonds. The summed E-state index contributed by atoms with van der Waals surface area (Å²) in [6.45, 7) is 1.76. The lowest BCUT2D eigenvalue weighted by Crippen LogP contribution is -2.17. The van der Waals surface area contributed by atoms with Gasteiger partial charge in [-0.15, -0.1) is 0 Å². The number of fused-ring (bicyclic) bond motifs is 1. The van der Waals surface area contributed by atoms with Gasteiger partial charge in [0.15, 0.2) is 0 Å². The Balaban J connectivity index is 1.79. The molecule has 0 unspecified atom stereocenters. The van der Waals surface area contributed by atoms with Gasteiger partial charge in [0.25, 0.3) is 11.6 Å². The van der Waals surface area contributed by atoms with Gasteiger partial charge in [-0.1, -0.05) is 12.1 Å². The summed E-state index contributed by atoms with van der Waals surface area (Å²) in [5.74, 6) is -0.798. The number of nitro benzene ring substituents is 1. The Bertz CT molecular complexity index is 1010. The Kier molecular flexibility index (Phi) is 4.17. The number of benzene rings is 2. The number of nitrogens with zero attached hydrogens (tertiary/aromatic N) is 2. The van der Waals surface area contributed by atoms with Crippen LogP contribution in [0.2, 0.25) is 0 Å². The average molecular weight is 339 g/mol. The van der Waals surface area contributed by atoms with E-state index < -0.39 is 10.8 Å². The normalized spacial score (nSPS) is 11.1. The van der Waals surface area contributed by atoms with Crippen LogP contribution < -0.4 is 5.43 Å². The summed E-state index contributed by atoms with van der Waals surface area (Å²) in [5.41, 5.74) is 3.90. The summed E-state index contributed by atoms with van der Waals surface area (Å²) in [7, 11) is 0. The molecule has 0 saturated heterocycles. The molecule has 1 heterocycles. The van der Waals surface area contributed by atoms with Crippen molar-refractivity contribution in [3.8, 4) is 5.75 Å². The zero-order chi connectivity index (χ0) is 18.0. The number of phenolic OH excluding ortho intramolecular Hbond substituents is 1. The molecule has 2 aromatic carbocycles. The van der Waals surface area contributed by atoms with Crippen LogP contribution in [-0.2, 0) is 0 Å². The number of rotatable bonds is 4. The van der Waals surface area contributed by atoms with Crippen molar-refractivity contribution < 1.29 is 19.2 Å². The van der Waals surface area contributed by atoms with E-state index in [0.717, 1.165) is 0 Å². The molecule has 0 aliphatic carbocycles. The number of amides is 1. The SMILES string of the molecule is Cc1coc2ccc(C(=O)N/N=C/c3cccc([N+](=O)[O-])c3)c(O)c12. The van der Waals surface area contributed by atoms with Crippen LogP contribution in [0.15, 0.2) is 52.2 Å². The molecule has 0 saturated carbocycles. The number of furan rings is 1. The second-order valence-electron chi connectivity index (χ2n) is 5.30. The predicted molar refractivity (Wildman–Crippen MR) is 90.8 cm³/mol. The molecule has 126 valence electrons. The van der Waals surface area contributed by atoms with E-state index in [1.54, 1.807) is 19.1 Å². The fourth-order valence-electron chi connectivity index (χ4n) is 2.39. The van der Waals surface area contributed by atoms with Crippen molar-refractivity contribution in [2.45, 2.75) is 6.92 Å². The van der Waals surface area contributed by atoms with Gasteiger partial charge in [-0.05, 0) is 24.6 Å². The number of hydrogen-bond acceptors (Lipinski definition) is 6. The maximum atomic E-state index is 12.2. The third-order valence-electron chi connectivity index (χ3n) is 3.60. The minimum atomic E-state index is -0.610. The number of non-ortho nitro benzene ring substituents is 1. The van der Waals surface area contributed by atoms with Crippen LogP contribution in [0.5, 0.6) is 5.75 Å². The van der Waals surface area contributed by atoms with Crippen molar-refractivity contribution in [3.63, 3.8) is 0 Å². The molecule has 0 fully saturated rings. The predicted octanol–water partition coefficient (Wildman–Crippen LogP) is 3.12. The van der Waals surface area contributed by atoms with Crippen molar-refractivity contribution in [1.29, 1.82) is 0 Å². The first-order valence-corrected chi connectivity index (χ1v) is 7.25. The lowest BCUT2D eigenvalue weighted by molar-refractivity contribution is -0.384. The minimum Gasteiger partial charge on any atom is -0.506 e. The summed E-state index contributed by atoms with van der Waals surface area (Å²) in [6.07, 6.45) is 2.77. The number of hydrazone groups is 1. The number of aromatic hydroxyl groups is 1. The molecule has 1 aromatic heterocycles. The van der Waals surface area contributed by atoms with Gasteiger partial charge in [0.05, 0.1) is 28.4 Å². The van der Waals surface area contributed by atoms with Gasteiger partial charge in [-0.2, -0.15) is 5.10 Å². The summed E-state index contributed by atoms with van der Waals surface area (Å²) in [6, 6.07) is 8.83. The highest BCUT2D eigenvalue weighted by molar-refractivity contribution is 6.03. The van der Waals surface area contributed by atoms with E-state index in [-0.39, 0.29) is 17.0 Å². The second kappa shape index (κ2) is 6.44. The quantitative estimate of drug-likeness (QED) is 0.430. The number of carbonyl (C=O) groups is 1. The molecule has 3 rings (SSSR count). The molecule has 0 aliphatic rings. The standard InChI is InChI=1S/C17H13N3O5/c1-10-9-25-14-6-5-13(16(21)15(10)14)17(22)19-18-8-11-3-2-4-12(7-11)20(23)24/h2-9,21H,1H3,(H,19,22)/b18-8+. The van der Waals surface area contributed by atoms with E-state index in [4.69, 9.17) is 4.42 Å². The topological polar surface area (TPSA) is 118 Å². The van der Waals surface area contributed by atoms with Gasteiger partial charge in [-0.3, -0.25) is 14.9 Å². The van der Waals surface area contributed by atoms with Crippen molar-refractivity contribution >= 4 is 28.8 Å². The zero-order valence-corrected chi connectivity index (χ0v) is 13.1. The Morgan fingerprint density at radius 1 is 1.36 bits per heavy atom. The maximum Gasteiger partial charge on any atom is 0.275 e. The van der Waals surface area contributed by atoms with Gasteiger partial charge >= 0.3 is 0 Å². The number of hydrogen-bond donors (Lipinski definition) is 2. The fourth-order valence-corrected chi connectivity index (χ4v) is 2.39. The Hall–Kier alpha value is -3.68. The van der Waals surface area contributed by atoms with E-state index >= 15 is 0 Å². The lowest BCUT2D eigenvalue weighted by atomic mass is 10.1. The fraction of sp³-hybridized carbons (Fsp3) is 0.0588. The summed E-state index contributed by atoms with van der Waals surface area (Å²) in [5, 5.41) is 25.2. The third-order valence-corrected chi connectivity index (χ3v) is 3.60. The highest BCUT2D eigenvalue weighted by Gasteiger charge is 2.16. The Morgan fingerprint density at radius 3 is 2.92 bits per heavy atom. The van der Waals surface area contributed by atoms with Crippen molar-refractivity contribution in [1.82, 2.24) is 5.43 Å². The molecule has 0 spiro atoms. The van der Waals surface area contributed by atoms with Crippen LogP contribution in [0, 0.1) is 17.0 Å². The molecule has 3 aromatic rings. The first-order chi connectivity index (χ1) is 12.0. The molecule has 2 N–H and O–H groups in total. The monoisotopic (exact) mass is 339 g/mol. The zero-order valence-electron chi connectivity index (χ0n) is 13.1. The van der Waals surface area contributed by atoms with E-state index in [1.165, 1.54) is 36.7 Å². The maximum absolute atomic E-state index is 12.2. The van der Waals surface area contributed by atoms with Crippen LogP contribution in [0.3, 0.4) is 0 Å². The number of nitro groups is 1. The highest BCUT2D eigenvalue weighted by Crippen LogP contribution is 2.32. The van der Waals surface area contributed by atoms with Crippen molar-refractivity contribution in [2.24, 2.45) is 5.10 Å². The van der Waals surface area contributed by atoms with Crippen LogP contribution in [0.25, 0.3) is 11.0 Å². The van der Waals surface area contributed by atoms with E-state index in [2.05, 4.69) is 10.5 Å². The lowest BCUT2D eigenvalue weighted by Gasteiger charge is -2.04. The molecular weight excluding hydrogens is 326 g/mol. The molecule has 0 atom stereocenters. The molecular formula is C17H13N3O5. The van der Waals surface area contributed by atoms with Gasteiger partial charge in [0, 0.05) is 17.7 Å². The number of carbonyl (C=O) groups excluding carboxylic acids is 1. The largest absolute Gasteiger partial charge is 0.506 e. The van der Waals surface area contributed by atoms with Crippen molar-refractivity contribution in [3.05, 3.63) is 69.5 Å². The number of phenols is 1. The van der Waals surface area contributed by atoms with Gasteiger partial charge in [0.1, 0.15) is 11.3 Å². The average Bonchev–Trinajstić information content (AvgIpc) is 2.97. The summed E-state index contributed by atoms with van der Waals surface area (Å²) in [4.78, 5) is 22.4. The Morgan fingerprint density at radius 2 is 2.16 bits per heavy atom. The molecule has 0 bridgehead atoms. The Labute approximate surface area is 141 Å². The van der Waals surface area contributed by atoms with E-state index in [1.807, 2.05) is 0 Å². The van der Waals surface area contributed by atoms with Crippen molar-refractivity contribution in [2.75, 3.05) is 0 Å². The first-order valence-electron chi connectivity index (χ1n) is 7.25. The van der Waals surface area contributed by atoms with Gasteiger partial charge in [0.2, 0.25) is 0 Å². The second-order valence-corrected chi connectivity index (χ2v) is 5.30. The summed E-state index contributed by atoms with van der Waals surface area (Å²) < 4.78 is 5.26. The number of nitrogens with one attached hydrogen (secondary N) is 1. The van der Waals surface area contributed by atoms with Crippen LogP contribution in [-0.4, -0.2) is 22.2 Å². The number of aryl methyl sites for hydroxylation is 1. The molecule has 8 heteroatoms. The molecule has 8 nitrogen and oxygen atoms in total.